The third kappa shape index (κ3) is 10.8. The molecule has 0 fully saturated rings. The molecule has 15 heteroatoms. The molecule has 0 radical (unpaired) electrons. The van der Waals surface area contributed by atoms with E-state index in [4.69, 9.17) is 12.1 Å². The molecule has 0 unspecified atom stereocenters. The van der Waals surface area contributed by atoms with Crippen LogP contribution in [0.15, 0.2) is 58.3 Å². The van der Waals surface area contributed by atoms with E-state index in [1.54, 1.807) is 6.92 Å². The second-order valence-electron chi connectivity index (χ2n) is 4.65. The normalized spacial score (nSPS) is 10.5. The van der Waals surface area contributed by atoms with Crippen LogP contribution < -0.4 is 10.5 Å². The fourth-order valence-electron chi connectivity index (χ4n) is 1.60. The van der Waals surface area contributed by atoms with Crippen molar-refractivity contribution in [2.24, 2.45) is 5.73 Å². The molecule has 0 bridgehead atoms. The summed E-state index contributed by atoms with van der Waals surface area (Å²) in [6.07, 6.45) is 0. The standard InChI is InChI=1S/C7H8N2O4S.C6H4ClNO4S.C2H6.CH5N/c1-8-14(12,13)7-4-2-6(3-5-7)9(10)11;7-13(11,12)6-3-1-5(2-4-6)8(9)10;2*1-2/h2-5,8H,1H3;1-4H;1-2H3;2H2,1H3/i;;1D;. The molecule has 0 spiro atoms. The van der Waals surface area contributed by atoms with Crippen molar-refractivity contribution in [3.63, 3.8) is 0 Å². The molecule has 174 valence electrons. The van der Waals surface area contributed by atoms with E-state index in [0.717, 1.165) is 36.4 Å². The Hall–Kier alpha value is -2.65. The third-order valence-electron chi connectivity index (χ3n) is 2.96. The first-order valence-electron chi connectivity index (χ1n) is 8.75. The second-order valence-corrected chi connectivity index (χ2v) is 9.10. The molecular weight excluding hydrogens is 476 g/mol. The first kappa shape index (κ1) is 28.4. The van der Waals surface area contributed by atoms with Crippen molar-refractivity contribution in [3.05, 3.63) is 68.8 Å². The zero-order chi connectivity index (χ0) is 25.5. The van der Waals surface area contributed by atoms with Crippen LogP contribution in [-0.2, 0) is 19.1 Å². The van der Waals surface area contributed by atoms with Crippen molar-refractivity contribution in [1.82, 2.24) is 4.72 Å². The first-order chi connectivity index (χ1) is 14.8. The minimum atomic E-state index is -3.80. The van der Waals surface area contributed by atoms with Crippen LogP contribution >= 0.6 is 10.7 Å². The fraction of sp³-hybridized carbons (Fsp3) is 0.250. The number of nitro groups is 2. The number of nitrogens with one attached hydrogen (secondary N) is 1. The van der Waals surface area contributed by atoms with E-state index in [2.05, 4.69) is 10.5 Å². The van der Waals surface area contributed by atoms with Gasteiger partial charge < -0.3 is 5.73 Å². The van der Waals surface area contributed by atoms with Crippen LogP contribution in [0.3, 0.4) is 0 Å². The van der Waals surface area contributed by atoms with Gasteiger partial charge in [-0.05, 0) is 38.4 Å². The molecule has 0 aromatic heterocycles. The summed E-state index contributed by atoms with van der Waals surface area (Å²) in [7, 11) is 0.458. The Morgan fingerprint density at radius 2 is 1.16 bits per heavy atom. The van der Waals surface area contributed by atoms with Gasteiger partial charge >= 0.3 is 0 Å². The zero-order valence-electron chi connectivity index (χ0n) is 17.8. The molecule has 2 rings (SSSR count). The molecule has 2 aromatic rings. The number of nitrogens with zero attached hydrogens (tertiary/aromatic N) is 2. The molecule has 12 nitrogen and oxygen atoms in total. The maximum Gasteiger partial charge on any atom is 0.269 e. The van der Waals surface area contributed by atoms with Gasteiger partial charge in [0.25, 0.3) is 20.4 Å². The van der Waals surface area contributed by atoms with Crippen molar-refractivity contribution < 1.29 is 28.1 Å². The van der Waals surface area contributed by atoms with Crippen LogP contribution in [0.5, 0.6) is 0 Å². The number of halogens is 1. The van der Waals surface area contributed by atoms with E-state index < -0.39 is 28.9 Å². The van der Waals surface area contributed by atoms with Crippen LogP contribution in [0.1, 0.15) is 15.2 Å². The summed E-state index contributed by atoms with van der Waals surface area (Å²) in [5, 5.41) is 20.5. The lowest BCUT2D eigenvalue weighted by atomic mass is 10.3. The molecule has 0 amide bonds. The van der Waals surface area contributed by atoms with Gasteiger partial charge in [-0.15, -0.1) is 0 Å². The van der Waals surface area contributed by atoms with E-state index in [0.29, 0.717) is 6.90 Å². The molecule has 0 aliphatic carbocycles. The second kappa shape index (κ2) is 14.4. The Kier molecular flexibility index (Phi) is 13.1. The highest BCUT2D eigenvalue weighted by Crippen LogP contribution is 2.18. The highest BCUT2D eigenvalue weighted by Gasteiger charge is 2.13. The van der Waals surface area contributed by atoms with Gasteiger partial charge in [0.05, 0.1) is 19.6 Å². The average molecular weight is 500 g/mol. The number of nitrogens with two attached hydrogens (primary N) is 1. The third-order valence-corrected chi connectivity index (χ3v) is 5.76. The number of benzene rings is 2. The summed E-state index contributed by atoms with van der Waals surface area (Å²) < 4.78 is 52.1. The number of non-ortho nitro benzene ring substituents is 2. The van der Waals surface area contributed by atoms with Crippen molar-refractivity contribution in [3.8, 4) is 0 Å². The van der Waals surface area contributed by atoms with Crippen LogP contribution in [0, 0.1) is 20.2 Å². The summed E-state index contributed by atoms with van der Waals surface area (Å²) >= 11 is 0. The average Bonchev–Trinajstić information content (AvgIpc) is 2.75. The van der Waals surface area contributed by atoms with Gasteiger partial charge in [0.2, 0.25) is 10.0 Å². The van der Waals surface area contributed by atoms with Gasteiger partial charge in [-0.3, -0.25) is 20.2 Å². The Bertz CT molecular complexity index is 1060. The summed E-state index contributed by atoms with van der Waals surface area (Å²) in [5.41, 5.74) is 4.18. The minimum absolute atomic E-state index is 0.00519. The van der Waals surface area contributed by atoms with Gasteiger partial charge in [0.1, 0.15) is 0 Å². The Balaban J connectivity index is 0. The van der Waals surface area contributed by atoms with Crippen LogP contribution in [-0.4, -0.2) is 40.8 Å². The SMILES string of the molecule is CN.CNS(=O)(=O)c1ccc([N+](=O)[O-])cc1.O=[N+]([O-])c1ccc(S(=O)(=O)Cl)cc1.[2H]CC. The van der Waals surface area contributed by atoms with Crippen LogP contribution in [0.2, 0.25) is 0 Å². The number of sulfonamides is 1. The number of nitro benzene ring substituents is 2. The van der Waals surface area contributed by atoms with Crippen molar-refractivity contribution in [1.29, 1.82) is 0 Å². The zero-order valence-corrected chi connectivity index (χ0v) is 19.1. The molecule has 31 heavy (non-hydrogen) atoms. The largest absolute Gasteiger partial charge is 0.333 e. The van der Waals surface area contributed by atoms with Gasteiger partial charge in [0, 0.05) is 36.3 Å². The molecule has 0 aliphatic rings. The van der Waals surface area contributed by atoms with E-state index >= 15 is 0 Å². The van der Waals surface area contributed by atoms with Crippen molar-refractivity contribution in [2.45, 2.75) is 23.6 Å². The van der Waals surface area contributed by atoms with E-state index in [1.807, 2.05) is 0 Å². The van der Waals surface area contributed by atoms with Crippen LogP contribution in [0.25, 0.3) is 0 Å². The van der Waals surface area contributed by atoms with Crippen molar-refractivity contribution in [2.75, 3.05) is 14.1 Å². The van der Waals surface area contributed by atoms with E-state index in [-0.39, 0.29) is 21.2 Å². The Morgan fingerprint density at radius 1 is 0.871 bits per heavy atom. The fourth-order valence-corrected chi connectivity index (χ4v) is 3.10. The quantitative estimate of drug-likeness (QED) is 0.353. The topological polar surface area (TPSA) is 193 Å². The lowest BCUT2D eigenvalue weighted by molar-refractivity contribution is -0.385. The van der Waals surface area contributed by atoms with Gasteiger partial charge in [-0.25, -0.2) is 21.6 Å². The predicted molar refractivity (Wildman–Crippen MR) is 117 cm³/mol. The highest BCUT2D eigenvalue weighted by molar-refractivity contribution is 8.13. The maximum absolute atomic E-state index is 11.2. The van der Waals surface area contributed by atoms with E-state index in [9.17, 15) is 37.1 Å². The highest BCUT2D eigenvalue weighted by atomic mass is 35.7. The van der Waals surface area contributed by atoms with Gasteiger partial charge in [-0.1, -0.05) is 13.8 Å². The molecule has 0 atom stereocenters. The molecule has 0 saturated heterocycles. The van der Waals surface area contributed by atoms with Gasteiger partial charge in [0.15, 0.2) is 0 Å². The Morgan fingerprint density at radius 3 is 1.39 bits per heavy atom. The summed E-state index contributed by atoms with van der Waals surface area (Å²) in [5.74, 6) is 0. The molecule has 0 heterocycles. The smallest absolute Gasteiger partial charge is 0.269 e. The monoisotopic (exact) mass is 499 g/mol. The summed E-state index contributed by atoms with van der Waals surface area (Å²) in [6, 6.07) is 8.98. The Labute approximate surface area is 186 Å². The van der Waals surface area contributed by atoms with Crippen LogP contribution in [0.4, 0.5) is 11.4 Å². The van der Waals surface area contributed by atoms with Gasteiger partial charge in [-0.2, -0.15) is 0 Å². The molecular formula is C16H23ClN4O8S2. The first-order valence-corrected chi connectivity index (χ1v) is 11.8. The molecule has 0 saturated carbocycles. The lowest BCUT2D eigenvalue weighted by Gasteiger charge is -2.00. The van der Waals surface area contributed by atoms with E-state index in [1.165, 1.54) is 26.2 Å². The lowest BCUT2D eigenvalue weighted by Crippen LogP contribution is -2.18. The summed E-state index contributed by atoms with van der Waals surface area (Å²) in [6.45, 7) is 2.29. The molecule has 0 aliphatic heterocycles. The van der Waals surface area contributed by atoms with Crippen molar-refractivity contribution >= 4 is 41.1 Å². The maximum atomic E-state index is 11.2. The molecule has 3 N–H and O–H groups in total. The predicted octanol–water partition coefficient (Wildman–Crippen LogP) is 2.63. The number of hydrogen-bond donors (Lipinski definition) is 2. The number of hydrogen-bond acceptors (Lipinski definition) is 9. The molecule has 2 aromatic carbocycles. The minimum Gasteiger partial charge on any atom is -0.333 e. The number of rotatable bonds is 5. The summed E-state index contributed by atoms with van der Waals surface area (Å²) in [4.78, 5) is 19.1.